The Bertz CT molecular complexity index is 824. The number of hydrogen-bond acceptors (Lipinski definition) is 4. The molecule has 0 radical (unpaired) electrons. The molecule has 2 atom stereocenters. The van der Waals surface area contributed by atoms with Gasteiger partial charge in [-0.2, -0.15) is 12.6 Å². The highest BCUT2D eigenvalue weighted by molar-refractivity contribution is 7.82. The minimum Gasteiger partial charge on any atom is -0.491 e. The third-order valence-electron chi connectivity index (χ3n) is 8.29. The molecule has 0 heterocycles. The molecule has 6 rings (SSSR count). The largest absolute Gasteiger partial charge is 0.491 e. The first-order valence-corrected chi connectivity index (χ1v) is 12.1. The molecule has 0 saturated heterocycles. The van der Waals surface area contributed by atoms with Gasteiger partial charge in [0.25, 0.3) is 0 Å². The zero-order chi connectivity index (χ0) is 21.1. The molecule has 1 aromatic carbocycles. The predicted octanol–water partition coefficient (Wildman–Crippen LogP) is 6.18. The Morgan fingerprint density at radius 3 is 2.43 bits per heavy atom. The van der Waals surface area contributed by atoms with E-state index in [1.165, 1.54) is 51.7 Å². The third-order valence-corrected chi connectivity index (χ3v) is 9.30. The first-order valence-electron chi connectivity index (χ1n) is 11.2. The number of carbonyl (C=O) groups is 1. The molecule has 30 heavy (non-hydrogen) atoms. The number of benzene rings is 1. The minimum absolute atomic E-state index is 0.240. The van der Waals surface area contributed by atoms with E-state index in [0.717, 1.165) is 24.2 Å². The van der Waals surface area contributed by atoms with E-state index >= 15 is 4.39 Å². The van der Waals surface area contributed by atoms with E-state index in [9.17, 15) is 4.79 Å². The number of thiol groups is 1. The lowest BCUT2D eigenvalue weighted by Gasteiger charge is -2.56. The molecule has 5 aliphatic carbocycles. The van der Waals surface area contributed by atoms with E-state index in [2.05, 4.69) is 12.6 Å². The van der Waals surface area contributed by atoms with Crippen LogP contribution in [0.5, 0.6) is 5.75 Å². The van der Waals surface area contributed by atoms with Gasteiger partial charge in [0.15, 0.2) is 0 Å². The maximum absolute atomic E-state index is 15.2. The van der Waals surface area contributed by atoms with Crippen LogP contribution in [0.25, 0.3) is 0 Å². The zero-order valence-electron chi connectivity index (χ0n) is 17.5. The number of halogens is 2. The van der Waals surface area contributed by atoms with Gasteiger partial charge in [-0.15, -0.1) is 0 Å². The molecule has 2 unspecified atom stereocenters. The Kier molecular flexibility index (Phi) is 5.29. The topological polar surface area (TPSA) is 35.5 Å². The average molecular weight is 453 g/mol. The number of carbonyl (C=O) groups excluding carboxylic acids is 1. The molecule has 3 nitrogen and oxygen atoms in total. The summed E-state index contributed by atoms with van der Waals surface area (Å²) in [7, 11) is 1.35. The van der Waals surface area contributed by atoms with Gasteiger partial charge in [0.2, 0.25) is 0 Å². The van der Waals surface area contributed by atoms with Gasteiger partial charge in [0.05, 0.1) is 18.7 Å². The zero-order valence-corrected chi connectivity index (χ0v) is 19.1. The van der Waals surface area contributed by atoms with Crippen LogP contribution in [0, 0.1) is 29.0 Å². The van der Waals surface area contributed by atoms with Crippen molar-refractivity contribution in [3.8, 4) is 5.75 Å². The number of hydrogen-bond donors (Lipinski definition) is 1. The monoisotopic (exact) mass is 452 g/mol. The van der Waals surface area contributed by atoms with E-state index in [4.69, 9.17) is 21.1 Å². The number of ether oxygens (including phenoxy) is 2. The molecule has 164 valence electrons. The Balaban J connectivity index is 1.35. The molecule has 0 amide bonds. The summed E-state index contributed by atoms with van der Waals surface area (Å²) in [6, 6.07) is 3.04. The molecule has 0 spiro atoms. The summed E-state index contributed by atoms with van der Waals surface area (Å²) in [5, 5.41) is 0.406. The summed E-state index contributed by atoms with van der Waals surface area (Å²) < 4.78 is 25.2. The summed E-state index contributed by atoms with van der Waals surface area (Å²) in [4.78, 5) is 12.3. The average Bonchev–Trinajstić information content (AvgIpc) is 3.09. The summed E-state index contributed by atoms with van der Waals surface area (Å²) >= 11 is 11.2. The molecular weight excluding hydrogens is 423 g/mol. The Hall–Kier alpha value is -0.940. The molecule has 0 N–H and O–H groups in total. The minimum atomic E-state index is -1.01. The van der Waals surface area contributed by atoms with Crippen LogP contribution in [0.3, 0.4) is 0 Å². The van der Waals surface area contributed by atoms with Gasteiger partial charge >= 0.3 is 5.97 Å². The van der Waals surface area contributed by atoms with Crippen LogP contribution in [0.15, 0.2) is 12.1 Å². The first-order chi connectivity index (χ1) is 14.3. The normalized spacial score (nSPS) is 39.3. The van der Waals surface area contributed by atoms with Crippen molar-refractivity contribution in [1.82, 2.24) is 0 Å². The van der Waals surface area contributed by atoms with Crippen molar-refractivity contribution in [2.24, 2.45) is 23.2 Å². The molecule has 5 fully saturated rings. The second kappa shape index (κ2) is 7.58. The van der Waals surface area contributed by atoms with E-state index in [1.54, 1.807) is 6.07 Å². The lowest BCUT2D eigenvalue weighted by Crippen LogP contribution is -2.48. The van der Waals surface area contributed by atoms with Gasteiger partial charge in [-0.05, 0) is 80.8 Å². The Labute approximate surface area is 188 Å². The van der Waals surface area contributed by atoms with Crippen molar-refractivity contribution in [2.75, 3.05) is 13.7 Å². The van der Waals surface area contributed by atoms with E-state index < -0.39 is 10.7 Å². The highest BCUT2D eigenvalue weighted by Gasteiger charge is 2.51. The summed E-state index contributed by atoms with van der Waals surface area (Å²) in [5.41, 5.74) is 0.671. The van der Waals surface area contributed by atoms with Crippen molar-refractivity contribution in [2.45, 2.75) is 68.5 Å². The quantitative estimate of drug-likeness (QED) is 0.427. The molecule has 5 aliphatic rings. The van der Waals surface area contributed by atoms with Crippen molar-refractivity contribution >= 4 is 30.2 Å². The maximum atomic E-state index is 15.2. The SMILES string of the molecule is COC(=O)C1(S)CCCC1c1cc(Cl)c(OCC23CC4CC(CC(C4)C2)C3)cc1F. The van der Waals surface area contributed by atoms with Crippen molar-refractivity contribution in [1.29, 1.82) is 0 Å². The van der Waals surface area contributed by atoms with Gasteiger partial charge in [-0.25, -0.2) is 4.39 Å². The highest BCUT2D eigenvalue weighted by atomic mass is 35.5. The molecule has 5 saturated carbocycles. The fraction of sp³-hybridized carbons (Fsp3) is 0.708. The second-order valence-corrected chi connectivity index (χ2v) is 11.6. The number of rotatable bonds is 5. The van der Waals surface area contributed by atoms with Crippen molar-refractivity contribution < 1.29 is 18.7 Å². The molecule has 0 aliphatic heterocycles. The Morgan fingerprint density at radius 2 is 1.83 bits per heavy atom. The van der Waals surface area contributed by atoms with Crippen LogP contribution < -0.4 is 4.74 Å². The van der Waals surface area contributed by atoms with Crippen LogP contribution in [0.4, 0.5) is 4.39 Å². The third kappa shape index (κ3) is 3.44. The van der Waals surface area contributed by atoms with Crippen molar-refractivity contribution in [3.63, 3.8) is 0 Å². The van der Waals surface area contributed by atoms with Crippen LogP contribution in [-0.2, 0) is 9.53 Å². The summed E-state index contributed by atoms with van der Waals surface area (Å²) in [6.45, 7) is 0.622. The fourth-order valence-electron chi connectivity index (χ4n) is 7.44. The predicted molar refractivity (Wildman–Crippen MR) is 118 cm³/mol. The maximum Gasteiger partial charge on any atom is 0.322 e. The van der Waals surface area contributed by atoms with Gasteiger partial charge < -0.3 is 9.47 Å². The molecule has 4 bridgehead atoms. The lowest BCUT2D eigenvalue weighted by atomic mass is 9.50. The van der Waals surface area contributed by atoms with Crippen LogP contribution in [0.2, 0.25) is 5.02 Å². The second-order valence-electron chi connectivity index (χ2n) is 10.4. The molecule has 1 aromatic rings. The van der Waals surface area contributed by atoms with Crippen molar-refractivity contribution in [3.05, 3.63) is 28.5 Å². The van der Waals surface area contributed by atoms with Gasteiger partial charge in [0, 0.05) is 17.4 Å². The number of esters is 1. The van der Waals surface area contributed by atoms with E-state index in [0.29, 0.717) is 35.8 Å². The van der Waals surface area contributed by atoms with Crippen LogP contribution in [0.1, 0.15) is 69.3 Å². The Morgan fingerprint density at radius 1 is 1.20 bits per heavy atom. The standard InChI is InChI=1S/C24H30ClFO3S/c1-28-22(27)24(30)4-2-3-18(24)17-8-19(25)21(9-20(17)26)29-13-23-10-14-5-15(11-23)7-16(6-14)12-23/h8-9,14-16,18,30H,2-7,10-13H2,1H3. The highest BCUT2D eigenvalue weighted by Crippen LogP contribution is 2.60. The van der Waals surface area contributed by atoms with Crippen LogP contribution in [-0.4, -0.2) is 24.4 Å². The summed E-state index contributed by atoms with van der Waals surface area (Å²) in [5.74, 6) is 1.80. The number of methoxy groups -OCH3 is 1. The lowest BCUT2D eigenvalue weighted by molar-refractivity contribution is -0.143. The first kappa shape index (κ1) is 20.9. The van der Waals surface area contributed by atoms with E-state index in [1.807, 2.05) is 0 Å². The molecular formula is C24H30ClFO3S. The molecule has 0 aromatic heterocycles. The molecule has 6 heteroatoms. The van der Waals surface area contributed by atoms with Crippen LogP contribution >= 0.6 is 24.2 Å². The fourth-order valence-corrected chi connectivity index (χ4v) is 8.19. The van der Waals surface area contributed by atoms with E-state index in [-0.39, 0.29) is 17.2 Å². The smallest absolute Gasteiger partial charge is 0.322 e. The van der Waals surface area contributed by atoms with Gasteiger partial charge in [-0.3, -0.25) is 4.79 Å². The summed E-state index contributed by atoms with van der Waals surface area (Å²) in [6.07, 6.45) is 9.91. The van der Waals surface area contributed by atoms with Gasteiger partial charge in [0.1, 0.15) is 16.3 Å². The van der Waals surface area contributed by atoms with Gasteiger partial charge in [-0.1, -0.05) is 18.0 Å².